The Balaban J connectivity index is 1.79. The molecule has 0 saturated heterocycles. The fourth-order valence-electron chi connectivity index (χ4n) is 2.52. The molecule has 0 fully saturated rings. The topological polar surface area (TPSA) is 71.3 Å². The second-order valence-corrected chi connectivity index (χ2v) is 6.89. The normalized spacial score (nSPS) is 11.5. The van der Waals surface area contributed by atoms with Crippen molar-refractivity contribution in [2.45, 2.75) is 6.18 Å². The number of hydrogen-bond donors (Lipinski definition) is 2. The number of carbonyl (C=O) groups is 2. The first-order valence-electron chi connectivity index (χ1n) is 8.54. The molecule has 0 atom stereocenters. The Morgan fingerprint density at radius 1 is 1.00 bits per heavy atom. The van der Waals surface area contributed by atoms with Gasteiger partial charge in [0.1, 0.15) is 0 Å². The van der Waals surface area contributed by atoms with Gasteiger partial charge in [-0.2, -0.15) is 13.2 Å². The summed E-state index contributed by atoms with van der Waals surface area (Å²) in [5.41, 5.74) is -0.923. The van der Waals surface area contributed by atoms with Gasteiger partial charge >= 0.3 is 6.18 Å². The number of nitrogens with one attached hydrogen (secondary N) is 2. The van der Waals surface area contributed by atoms with E-state index in [4.69, 9.17) is 4.42 Å². The van der Waals surface area contributed by atoms with Crippen molar-refractivity contribution < 1.29 is 27.2 Å². The van der Waals surface area contributed by atoms with E-state index in [1.165, 1.54) is 30.5 Å². The smallest absolute Gasteiger partial charge is 0.418 e. The van der Waals surface area contributed by atoms with Crippen molar-refractivity contribution in [3.05, 3.63) is 88.3 Å². The summed E-state index contributed by atoms with van der Waals surface area (Å²) in [7, 11) is 0. The lowest BCUT2D eigenvalue weighted by Crippen LogP contribution is -2.16. The number of halogens is 4. The van der Waals surface area contributed by atoms with Gasteiger partial charge in [0, 0.05) is 16.2 Å². The highest BCUT2D eigenvalue weighted by Gasteiger charge is 2.34. The second-order valence-electron chi connectivity index (χ2n) is 6.03. The van der Waals surface area contributed by atoms with E-state index in [0.717, 1.165) is 22.7 Å². The number of furan rings is 1. The Morgan fingerprint density at radius 2 is 1.77 bits per heavy atom. The molecule has 0 aliphatic heterocycles. The maximum atomic E-state index is 13.5. The molecule has 3 rings (SSSR count). The third kappa shape index (κ3) is 5.38. The van der Waals surface area contributed by atoms with Gasteiger partial charge in [-0.25, -0.2) is 0 Å². The van der Waals surface area contributed by atoms with Crippen molar-refractivity contribution >= 4 is 45.2 Å². The van der Waals surface area contributed by atoms with E-state index in [1.54, 1.807) is 24.3 Å². The monoisotopic (exact) mass is 478 g/mol. The van der Waals surface area contributed by atoms with E-state index in [1.807, 2.05) is 0 Å². The average molecular weight is 479 g/mol. The Hall–Kier alpha value is -3.33. The quantitative estimate of drug-likeness (QED) is 0.444. The molecule has 2 N–H and O–H groups in total. The van der Waals surface area contributed by atoms with Gasteiger partial charge in [0.05, 0.1) is 17.5 Å². The predicted molar refractivity (Wildman–Crippen MR) is 110 cm³/mol. The Labute approximate surface area is 177 Å². The number of anilines is 2. The van der Waals surface area contributed by atoms with E-state index in [0.29, 0.717) is 5.56 Å². The molecule has 1 aromatic heterocycles. The highest BCUT2D eigenvalue weighted by atomic mass is 79.9. The molecule has 9 heteroatoms. The maximum Gasteiger partial charge on any atom is 0.418 e. The first-order chi connectivity index (χ1) is 14.2. The van der Waals surface area contributed by atoms with Crippen LogP contribution in [0.4, 0.5) is 24.5 Å². The molecule has 0 aliphatic carbocycles. The number of benzene rings is 2. The van der Waals surface area contributed by atoms with Crippen molar-refractivity contribution in [1.29, 1.82) is 0 Å². The van der Waals surface area contributed by atoms with Crippen LogP contribution >= 0.6 is 15.9 Å². The summed E-state index contributed by atoms with van der Waals surface area (Å²) < 4.78 is 46.1. The van der Waals surface area contributed by atoms with Gasteiger partial charge in [-0.3, -0.25) is 9.59 Å². The van der Waals surface area contributed by atoms with Crippen LogP contribution in [0.1, 0.15) is 21.7 Å². The molecule has 154 valence electrons. The minimum atomic E-state index is -4.75. The SMILES string of the molecule is O=C(C=Cc1ccccc1Br)Nc1ccc(NC(=O)c2ccco2)cc1C(F)(F)F. The number of carbonyl (C=O) groups excluding carboxylic acids is 2. The summed E-state index contributed by atoms with van der Waals surface area (Å²) in [6.07, 6.45) is -0.867. The standard InChI is InChI=1S/C21H14BrF3N2O3/c22-16-5-2-1-4-13(16)7-10-19(28)27-17-9-8-14(12-15(17)21(23,24)25)26-20(29)18-6-3-11-30-18/h1-12H,(H,26,29)(H,27,28). The molecule has 5 nitrogen and oxygen atoms in total. The largest absolute Gasteiger partial charge is 0.459 e. The molecule has 0 bridgehead atoms. The van der Waals surface area contributed by atoms with Crippen molar-refractivity contribution in [1.82, 2.24) is 0 Å². The Kier molecular flexibility index (Phi) is 6.41. The molecule has 2 aromatic carbocycles. The molecule has 0 aliphatic rings. The summed E-state index contributed by atoms with van der Waals surface area (Å²) in [4.78, 5) is 24.1. The molecular weight excluding hydrogens is 465 g/mol. The summed E-state index contributed by atoms with van der Waals surface area (Å²) in [5.74, 6) is -1.47. The van der Waals surface area contributed by atoms with Crippen LogP contribution < -0.4 is 10.6 Å². The third-order valence-electron chi connectivity index (χ3n) is 3.91. The minimum absolute atomic E-state index is 0.0434. The number of rotatable bonds is 5. The molecule has 0 spiro atoms. The van der Waals surface area contributed by atoms with Gasteiger partial charge in [-0.1, -0.05) is 34.1 Å². The molecule has 0 radical (unpaired) electrons. The van der Waals surface area contributed by atoms with Crippen molar-refractivity contribution in [2.24, 2.45) is 0 Å². The van der Waals surface area contributed by atoms with Crippen LogP contribution in [-0.2, 0) is 11.0 Å². The number of amides is 2. The number of hydrogen-bond acceptors (Lipinski definition) is 3. The van der Waals surface area contributed by atoms with Crippen molar-refractivity contribution in [3.63, 3.8) is 0 Å². The van der Waals surface area contributed by atoms with Gasteiger partial charge in [-0.15, -0.1) is 0 Å². The zero-order valence-corrected chi connectivity index (χ0v) is 16.8. The number of alkyl halides is 3. The van der Waals surface area contributed by atoms with Crippen LogP contribution in [0.15, 0.2) is 75.8 Å². The van der Waals surface area contributed by atoms with Gasteiger partial charge in [-0.05, 0) is 48.0 Å². The van der Waals surface area contributed by atoms with Gasteiger partial charge in [0.2, 0.25) is 5.91 Å². The van der Waals surface area contributed by atoms with Gasteiger partial charge < -0.3 is 15.1 Å². The summed E-state index contributed by atoms with van der Waals surface area (Å²) in [5, 5.41) is 4.55. The molecule has 2 amide bonds. The zero-order valence-electron chi connectivity index (χ0n) is 15.2. The molecule has 0 saturated carbocycles. The van der Waals surface area contributed by atoms with E-state index in [2.05, 4.69) is 26.6 Å². The minimum Gasteiger partial charge on any atom is -0.459 e. The van der Waals surface area contributed by atoms with E-state index < -0.39 is 29.2 Å². The first kappa shape index (κ1) is 21.4. The highest BCUT2D eigenvalue weighted by Crippen LogP contribution is 2.36. The lowest BCUT2D eigenvalue weighted by molar-refractivity contribution is -0.136. The average Bonchev–Trinajstić information content (AvgIpc) is 3.23. The molecule has 0 unspecified atom stereocenters. The Morgan fingerprint density at radius 3 is 2.43 bits per heavy atom. The van der Waals surface area contributed by atoms with Crippen LogP contribution in [0.25, 0.3) is 6.08 Å². The fraction of sp³-hybridized carbons (Fsp3) is 0.0476. The summed E-state index contributed by atoms with van der Waals surface area (Å²) in [6, 6.07) is 13.0. The fourth-order valence-corrected chi connectivity index (χ4v) is 2.93. The third-order valence-corrected chi connectivity index (χ3v) is 4.63. The second kappa shape index (κ2) is 9.00. The predicted octanol–water partition coefficient (Wildman–Crippen LogP) is 5.97. The lowest BCUT2D eigenvalue weighted by Gasteiger charge is -2.15. The molecular formula is C21H14BrF3N2O3. The lowest BCUT2D eigenvalue weighted by atomic mass is 10.1. The Bertz CT molecular complexity index is 1090. The van der Waals surface area contributed by atoms with Crippen molar-refractivity contribution in [3.8, 4) is 0 Å². The van der Waals surface area contributed by atoms with E-state index in [-0.39, 0.29) is 11.4 Å². The van der Waals surface area contributed by atoms with Crippen LogP contribution in [0.2, 0.25) is 0 Å². The molecule has 1 heterocycles. The maximum absolute atomic E-state index is 13.5. The molecule has 3 aromatic rings. The first-order valence-corrected chi connectivity index (χ1v) is 9.33. The summed E-state index contributed by atoms with van der Waals surface area (Å²) >= 11 is 3.32. The van der Waals surface area contributed by atoms with Gasteiger partial charge in [0.15, 0.2) is 5.76 Å². The highest BCUT2D eigenvalue weighted by molar-refractivity contribution is 9.10. The van der Waals surface area contributed by atoms with Gasteiger partial charge in [0.25, 0.3) is 5.91 Å². The zero-order chi connectivity index (χ0) is 21.7. The molecule has 30 heavy (non-hydrogen) atoms. The van der Waals surface area contributed by atoms with E-state index in [9.17, 15) is 22.8 Å². The van der Waals surface area contributed by atoms with E-state index >= 15 is 0 Å². The van der Waals surface area contributed by atoms with Crippen molar-refractivity contribution in [2.75, 3.05) is 10.6 Å². The van der Waals surface area contributed by atoms with Crippen LogP contribution in [0.5, 0.6) is 0 Å². The van der Waals surface area contributed by atoms with Crippen LogP contribution in [0, 0.1) is 0 Å². The summed E-state index contributed by atoms with van der Waals surface area (Å²) in [6.45, 7) is 0. The van der Waals surface area contributed by atoms with Crippen LogP contribution in [0.3, 0.4) is 0 Å². The van der Waals surface area contributed by atoms with Crippen LogP contribution in [-0.4, -0.2) is 11.8 Å².